The molecular formula is C21H17NO4. The van der Waals surface area contributed by atoms with Crippen LogP contribution in [0.25, 0.3) is 21.9 Å². The molecule has 0 unspecified atom stereocenters. The molecular weight excluding hydrogens is 330 g/mol. The van der Waals surface area contributed by atoms with Gasteiger partial charge in [0, 0.05) is 22.5 Å². The van der Waals surface area contributed by atoms with Crippen molar-refractivity contribution in [1.82, 2.24) is 0 Å². The minimum Gasteiger partial charge on any atom is -0.493 e. The molecule has 0 spiro atoms. The third-order valence-corrected chi connectivity index (χ3v) is 4.09. The third-order valence-electron chi connectivity index (χ3n) is 4.09. The van der Waals surface area contributed by atoms with Gasteiger partial charge in [-0.1, -0.05) is 30.3 Å². The van der Waals surface area contributed by atoms with Gasteiger partial charge in [0.1, 0.15) is 11.2 Å². The second kappa shape index (κ2) is 6.80. The van der Waals surface area contributed by atoms with Crippen LogP contribution in [0.2, 0.25) is 0 Å². The summed E-state index contributed by atoms with van der Waals surface area (Å²) >= 11 is 0. The lowest BCUT2D eigenvalue weighted by Gasteiger charge is -2.10. The Balaban J connectivity index is 1.48. The van der Waals surface area contributed by atoms with Crippen LogP contribution in [0.3, 0.4) is 0 Å². The molecule has 1 heterocycles. The summed E-state index contributed by atoms with van der Waals surface area (Å²) in [6.07, 6.45) is 0. The number of hydrogen-bond donors (Lipinski definition) is 1. The second-order valence-electron chi connectivity index (χ2n) is 5.80. The molecule has 0 aliphatic heterocycles. The van der Waals surface area contributed by atoms with Crippen molar-refractivity contribution in [3.8, 4) is 11.5 Å². The largest absolute Gasteiger partial charge is 0.493 e. The van der Waals surface area contributed by atoms with Gasteiger partial charge in [0.2, 0.25) is 0 Å². The number of methoxy groups -OCH3 is 1. The van der Waals surface area contributed by atoms with E-state index < -0.39 is 0 Å². The van der Waals surface area contributed by atoms with Gasteiger partial charge < -0.3 is 19.2 Å². The molecule has 0 atom stereocenters. The van der Waals surface area contributed by atoms with Gasteiger partial charge in [0.25, 0.3) is 5.91 Å². The summed E-state index contributed by atoms with van der Waals surface area (Å²) in [4.78, 5) is 12.2. The fourth-order valence-electron chi connectivity index (χ4n) is 2.88. The Morgan fingerprint density at radius 3 is 2.50 bits per heavy atom. The first-order valence-electron chi connectivity index (χ1n) is 8.21. The number of anilines is 1. The Labute approximate surface area is 150 Å². The van der Waals surface area contributed by atoms with Crippen LogP contribution in [0.1, 0.15) is 0 Å². The first-order chi connectivity index (χ1) is 12.7. The quantitative estimate of drug-likeness (QED) is 0.573. The predicted molar refractivity (Wildman–Crippen MR) is 101 cm³/mol. The topological polar surface area (TPSA) is 60.7 Å². The van der Waals surface area contributed by atoms with Crippen molar-refractivity contribution in [3.05, 3.63) is 66.7 Å². The number of amides is 1. The van der Waals surface area contributed by atoms with Gasteiger partial charge >= 0.3 is 0 Å². The third kappa shape index (κ3) is 3.07. The van der Waals surface area contributed by atoms with Gasteiger partial charge in [-0.05, 0) is 30.3 Å². The number of furan rings is 1. The van der Waals surface area contributed by atoms with Crippen LogP contribution in [0, 0.1) is 0 Å². The Morgan fingerprint density at radius 1 is 0.923 bits per heavy atom. The predicted octanol–water partition coefficient (Wildman–Crippen LogP) is 4.61. The van der Waals surface area contributed by atoms with E-state index in [0.29, 0.717) is 17.2 Å². The second-order valence-corrected chi connectivity index (χ2v) is 5.80. The average Bonchev–Trinajstić information content (AvgIpc) is 3.04. The molecule has 0 bridgehead atoms. The molecule has 0 aliphatic carbocycles. The maximum Gasteiger partial charge on any atom is 0.262 e. The lowest BCUT2D eigenvalue weighted by Crippen LogP contribution is -2.20. The number of hydrogen-bond acceptors (Lipinski definition) is 4. The Hall–Kier alpha value is -3.47. The van der Waals surface area contributed by atoms with Crippen molar-refractivity contribution in [2.45, 2.75) is 0 Å². The van der Waals surface area contributed by atoms with Crippen molar-refractivity contribution in [2.75, 3.05) is 19.0 Å². The summed E-state index contributed by atoms with van der Waals surface area (Å²) in [6, 6.07) is 20.7. The standard InChI is InChI=1S/C21H17NO4/c1-24-18-8-4-5-9-19(18)25-13-21(23)22-14-10-11-16-15-6-2-3-7-17(15)26-20(16)12-14/h2-12H,13H2,1H3,(H,22,23). The molecule has 130 valence electrons. The van der Waals surface area contributed by atoms with Crippen LogP contribution < -0.4 is 14.8 Å². The number of carbonyl (C=O) groups excluding carboxylic acids is 1. The molecule has 0 saturated heterocycles. The van der Waals surface area contributed by atoms with Crippen LogP contribution in [-0.2, 0) is 4.79 Å². The van der Waals surface area contributed by atoms with E-state index in [4.69, 9.17) is 13.9 Å². The average molecular weight is 347 g/mol. The highest BCUT2D eigenvalue weighted by atomic mass is 16.5. The van der Waals surface area contributed by atoms with E-state index in [1.807, 2.05) is 54.6 Å². The molecule has 0 fully saturated rings. The lowest BCUT2D eigenvalue weighted by molar-refractivity contribution is -0.118. The molecule has 1 N–H and O–H groups in total. The van der Waals surface area contributed by atoms with Gasteiger partial charge in [-0.15, -0.1) is 0 Å². The highest BCUT2D eigenvalue weighted by Crippen LogP contribution is 2.30. The number of carbonyl (C=O) groups is 1. The minimum absolute atomic E-state index is 0.113. The molecule has 0 aliphatic rings. The summed E-state index contributed by atoms with van der Waals surface area (Å²) in [5, 5.41) is 4.89. The molecule has 1 amide bonds. The molecule has 0 saturated carbocycles. The number of nitrogens with one attached hydrogen (secondary N) is 1. The van der Waals surface area contributed by atoms with Gasteiger partial charge in [0.05, 0.1) is 7.11 Å². The van der Waals surface area contributed by atoms with E-state index in [9.17, 15) is 4.79 Å². The maximum absolute atomic E-state index is 12.2. The fraction of sp³-hybridized carbons (Fsp3) is 0.0952. The summed E-state index contributed by atoms with van der Waals surface area (Å²) in [7, 11) is 1.56. The Kier molecular flexibility index (Phi) is 4.19. The molecule has 5 nitrogen and oxygen atoms in total. The van der Waals surface area contributed by atoms with Crippen molar-refractivity contribution in [2.24, 2.45) is 0 Å². The normalized spacial score (nSPS) is 10.8. The Bertz CT molecular complexity index is 1080. The molecule has 26 heavy (non-hydrogen) atoms. The zero-order valence-electron chi connectivity index (χ0n) is 14.2. The lowest BCUT2D eigenvalue weighted by atomic mass is 10.1. The summed E-state index contributed by atoms with van der Waals surface area (Å²) < 4.78 is 16.6. The van der Waals surface area contributed by atoms with Gasteiger partial charge in [-0.25, -0.2) is 0 Å². The SMILES string of the molecule is COc1ccccc1OCC(=O)Nc1ccc2c(c1)oc1ccccc12. The van der Waals surface area contributed by atoms with Crippen LogP contribution in [-0.4, -0.2) is 19.6 Å². The van der Waals surface area contributed by atoms with Gasteiger partial charge in [-0.2, -0.15) is 0 Å². The highest BCUT2D eigenvalue weighted by molar-refractivity contribution is 6.06. The zero-order chi connectivity index (χ0) is 17.9. The molecule has 3 aromatic carbocycles. The van der Waals surface area contributed by atoms with E-state index in [-0.39, 0.29) is 12.5 Å². The molecule has 5 heteroatoms. The van der Waals surface area contributed by atoms with E-state index >= 15 is 0 Å². The molecule has 1 aromatic heterocycles. The first kappa shape index (κ1) is 16.0. The molecule has 4 rings (SSSR count). The van der Waals surface area contributed by atoms with E-state index in [1.165, 1.54) is 0 Å². The summed E-state index contributed by atoms with van der Waals surface area (Å²) in [5.74, 6) is 0.855. The van der Waals surface area contributed by atoms with E-state index in [0.717, 1.165) is 21.9 Å². The monoisotopic (exact) mass is 347 g/mol. The van der Waals surface area contributed by atoms with Crippen LogP contribution >= 0.6 is 0 Å². The van der Waals surface area contributed by atoms with Gasteiger partial charge in [0.15, 0.2) is 18.1 Å². The van der Waals surface area contributed by atoms with E-state index in [2.05, 4.69) is 5.32 Å². The number of benzene rings is 3. The van der Waals surface area contributed by atoms with Crippen LogP contribution in [0.5, 0.6) is 11.5 Å². The zero-order valence-corrected chi connectivity index (χ0v) is 14.2. The molecule has 0 radical (unpaired) electrons. The smallest absolute Gasteiger partial charge is 0.262 e. The Morgan fingerprint density at radius 2 is 1.65 bits per heavy atom. The summed E-state index contributed by atoms with van der Waals surface area (Å²) in [6.45, 7) is -0.113. The number of ether oxygens (including phenoxy) is 2. The molecule has 4 aromatic rings. The fourth-order valence-corrected chi connectivity index (χ4v) is 2.88. The number of rotatable bonds is 5. The van der Waals surface area contributed by atoms with Crippen molar-refractivity contribution < 1.29 is 18.7 Å². The number of para-hydroxylation sites is 3. The first-order valence-corrected chi connectivity index (χ1v) is 8.21. The van der Waals surface area contributed by atoms with E-state index in [1.54, 1.807) is 19.2 Å². The highest BCUT2D eigenvalue weighted by Gasteiger charge is 2.10. The summed E-state index contributed by atoms with van der Waals surface area (Å²) in [5.41, 5.74) is 2.21. The van der Waals surface area contributed by atoms with Crippen LogP contribution in [0.4, 0.5) is 5.69 Å². The van der Waals surface area contributed by atoms with Crippen molar-refractivity contribution in [3.63, 3.8) is 0 Å². The van der Waals surface area contributed by atoms with Crippen molar-refractivity contribution >= 4 is 33.5 Å². The maximum atomic E-state index is 12.2. The van der Waals surface area contributed by atoms with Crippen molar-refractivity contribution in [1.29, 1.82) is 0 Å². The van der Waals surface area contributed by atoms with Crippen LogP contribution in [0.15, 0.2) is 71.1 Å². The number of fused-ring (bicyclic) bond motifs is 3. The van der Waals surface area contributed by atoms with Gasteiger partial charge in [-0.3, -0.25) is 4.79 Å². The minimum atomic E-state index is -0.258.